The van der Waals surface area contributed by atoms with E-state index in [0.717, 1.165) is 17.5 Å². The molecule has 128 valence electrons. The summed E-state index contributed by atoms with van der Waals surface area (Å²) >= 11 is 1.37. The lowest BCUT2D eigenvalue weighted by Crippen LogP contribution is -2.30. The zero-order valence-electron chi connectivity index (χ0n) is 13.7. The van der Waals surface area contributed by atoms with Crippen LogP contribution in [0.4, 0.5) is 0 Å². The van der Waals surface area contributed by atoms with Crippen molar-refractivity contribution in [1.29, 1.82) is 5.26 Å². The first-order valence-corrected chi connectivity index (χ1v) is 10.2. The topological polar surface area (TPSA) is 79.2 Å². The van der Waals surface area contributed by atoms with Gasteiger partial charge in [-0.3, -0.25) is 0 Å². The number of nitrogens with one attached hydrogen (secondary N) is 1. The molecule has 1 aromatic rings. The molecule has 1 atom stereocenters. The lowest BCUT2D eigenvalue weighted by molar-refractivity contribution is 0.206. The lowest BCUT2D eigenvalue weighted by atomic mass is 9.97. The molecule has 1 aromatic carbocycles. The predicted octanol–water partition coefficient (Wildman–Crippen LogP) is 3.51. The van der Waals surface area contributed by atoms with E-state index in [1.807, 2.05) is 49.6 Å². The molecule has 0 saturated heterocycles. The summed E-state index contributed by atoms with van der Waals surface area (Å²) in [7, 11) is -3.62. The zero-order chi connectivity index (χ0) is 17.6. The van der Waals surface area contributed by atoms with Crippen LogP contribution in [-0.4, -0.2) is 19.5 Å². The van der Waals surface area contributed by atoms with Crippen molar-refractivity contribution in [2.45, 2.75) is 32.1 Å². The van der Waals surface area contributed by atoms with Crippen LogP contribution in [-0.2, 0) is 14.4 Å². The van der Waals surface area contributed by atoms with Crippen LogP contribution in [0.5, 0.6) is 0 Å². The van der Waals surface area contributed by atoms with Crippen LogP contribution in [0.1, 0.15) is 30.9 Å². The number of hydroxylamine groups is 1. The Balaban J connectivity index is 2.21. The Morgan fingerprint density at radius 1 is 1.42 bits per heavy atom. The van der Waals surface area contributed by atoms with Crippen LogP contribution < -0.4 is 5.48 Å². The fourth-order valence-corrected chi connectivity index (χ4v) is 4.13. The summed E-state index contributed by atoms with van der Waals surface area (Å²) in [5, 5.41) is 11.0. The molecule has 1 unspecified atom stereocenters. The fraction of sp³-hybridized carbons (Fsp3) is 0.353. The van der Waals surface area contributed by atoms with Crippen molar-refractivity contribution in [2.75, 3.05) is 5.75 Å². The minimum Gasteiger partial charge on any atom is -0.198 e. The molecule has 0 aromatic heterocycles. The van der Waals surface area contributed by atoms with E-state index in [9.17, 15) is 13.7 Å². The van der Waals surface area contributed by atoms with Crippen molar-refractivity contribution in [1.82, 2.24) is 5.48 Å². The Morgan fingerprint density at radius 2 is 2.17 bits per heavy atom. The van der Waals surface area contributed by atoms with Crippen LogP contribution in [0.15, 0.2) is 41.3 Å². The van der Waals surface area contributed by atoms with Gasteiger partial charge in [-0.05, 0) is 36.0 Å². The highest BCUT2D eigenvalue weighted by Gasteiger charge is 2.24. The number of allylic oxidation sites excluding steroid dienone is 1. The minimum absolute atomic E-state index is 0.0245. The molecule has 5 nitrogen and oxygen atoms in total. The average molecular weight is 364 g/mol. The molecule has 1 aliphatic heterocycles. The second-order valence-corrected chi connectivity index (χ2v) is 8.10. The maximum absolute atomic E-state index is 11.8. The number of thioether (sulfide) groups is 1. The van der Waals surface area contributed by atoms with Crippen LogP contribution in [0, 0.1) is 18.3 Å². The van der Waals surface area contributed by atoms with Gasteiger partial charge >= 0.3 is 0 Å². The first kappa shape index (κ1) is 18.7. The van der Waals surface area contributed by atoms with E-state index in [4.69, 9.17) is 4.28 Å². The molecule has 1 aliphatic rings. The standard InChI is InChI=1S/C17H20N2O3S2/c1-3-4-11-24(20,21)22-19-17-15(9-10-23-17)16(12-18)14-8-6-5-7-13(14)2/h5-10,17,19H,3-4,11H2,1-2H3/b16-15+. The Hall–Kier alpha value is -1.59. The van der Waals surface area contributed by atoms with Crippen LogP contribution in [0.3, 0.4) is 0 Å². The van der Waals surface area contributed by atoms with Crippen molar-refractivity contribution in [2.24, 2.45) is 0 Å². The molecule has 0 amide bonds. The monoisotopic (exact) mass is 364 g/mol. The van der Waals surface area contributed by atoms with E-state index >= 15 is 0 Å². The lowest BCUT2D eigenvalue weighted by Gasteiger charge is -2.16. The summed E-state index contributed by atoms with van der Waals surface area (Å²) in [5.41, 5.74) is 5.64. The second kappa shape index (κ2) is 8.49. The Kier molecular flexibility index (Phi) is 6.63. The van der Waals surface area contributed by atoms with Crippen molar-refractivity contribution in [3.63, 3.8) is 0 Å². The van der Waals surface area contributed by atoms with Crippen LogP contribution in [0.25, 0.3) is 5.57 Å². The minimum atomic E-state index is -3.62. The molecule has 7 heteroatoms. The molecular weight excluding hydrogens is 344 g/mol. The number of benzene rings is 1. The Bertz CT molecular complexity index is 792. The number of unbranched alkanes of at least 4 members (excludes halogenated alkanes) is 1. The largest absolute Gasteiger partial charge is 0.283 e. The third-order valence-electron chi connectivity index (χ3n) is 3.59. The summed E-state index contributed by atoms with van der Waals surface area (Å²) in [6, 6.07) is 9.84. The Morgan fingerprint density at radius 3 is 2.83 bits per heavy atom. The summed E-state index contributed by atoms with van der Waals surface area (Å²) in [4.78, 5) is 0. The fourth-order valence-electron chi connectivity index (χ4n) is 2.27. The van der Waals surface area contributed by atoms with E-state index in [-0.39, 0.29) is 5.75 Å². The molecule has 0 fully saturated rings. The SMILES string of the molecule is CCCCS(=O)(=O)ONC1SC=C/C1=C(/C#N)c1ccccc1C. The number of rotatable bonds is 7. The van der Waals surface area contributed by atoms with Gasteiger partial charge < -0.3 is 0 Å². The molecule has 0 bridgehead atoms. The first-order valence-electron chi connectivity index (χ1n) is 7.67. The van der Waals surface area contributed by atoms with Gasteiger partial charge in [-0.2, -0.15) is 23.4 Å². The van der Waals surface area contributed by atoms with E-state index in [1.54, 1.807) is 0 Å². The number of hydrogen-bond acceptors (Lipinski definition) is 6. The zero-order valence-corrected chi connectivity index (χ0v) is 15.3. The average Bonchev–Trinajstić information content (AvgIpc) is 3.02. The van der Waals surface area contributed by atoms with Gasteiger partial charge in [-0.1, -0.05) is 37.6 Å². The third kappa shape index (κ3) is 4.71. The number of hydrogen-bond donors (Lipinski definition) is 1. The molecule has 0 saturated carbocycles. The van der Waals surface area contributed by atoms with Gasteiger partial charge in [0.1, 0.15) is 11.4 Å². The molecule has 24 heavy (non-hydrogen) atoms. The number of nitrogens with zero attached hydrogens (tertiary/aromatic N) is 1. The van der Waals surface area contributed by atoms with E-state index < -0.39 is 15.5 Å². The molecular formula is C17H20N2O3S2. The quantitative estimate of drug-likeness (QED) is 0.589. The van der Waals surface area contributed by atoms with Gasteiger partial charge in [0.15, 0.2) is 0 Å². The smallest absolute Gasteiger partial charge is 0.198 e. The first-order chi connectivity index (χ1) is 11.5. The number of nitriles is 1. The van der Waals surface area contributed by atoms with E-state index in [0.29, 0.717) is 17.6 Å². The van der Waals surface area contributed by atoms with Crippen LogP contribution >= 0.6 is 11.8 Å². The van der Waals surface area contributed by atoms with Crippen molar-refractivity contribution >= 4 is 27.5 Å². The van der Waals surface area contributed by atoms with E-state index in [2.05, 4.69) is 11.5 Å². The molecule has 0 aliphatic carbocycles. The molecule has 2 rings (SSSR count). The predicted molar refractivity (Wildman–Crippen MR) is 97.1 cm³/mol. The maximum Gasteiger partial charge on any atom is 0.283 e. The van der Waals surface area contributed by atoms with Gasteiger partial charge in [0.25, 0.3) is 10.1 Å². The van der Waals surface area contributed by atoms with Crippen molar-refractivity contribution < 1.29 is 12.7 Å². The number of aryl methyl sites for hydroxylation is 1. The Labute approximate surface area is 147 Å². The van der Waals surface area contributed by atoms with Gasteiger partial charge in [0, 0.05) is 5.57 Å². The summed E-state index contributed by atoms with van der Waals surface area (Å²) < 4.78 is 28.6. The molecule has 1 heterocycles. The van der Waals surface area contributed by atoms with Crippen molar-refractivity contribution in [3.8, 4) is 6.07 Å². The van der Waals surface area contributed by atoms with Crippen LogP contribution in [0.2, 0.25) is 0 Å². The highest BCUT2D eigenvalue weighted by atomic mass is 32.2. The molecule has 1 N–H and O–H groups in total. The van der Waals surface area contributed by atoms with Gasteiger partial charge in [-0.15, -0.1) is 11.8 Å². The van der Waals surface area contributed by atoms with E-state index in [1.165, 1.54) is 11.8 Å². The molecule has 0 radical (unpaired) electrons. The summed E-state index contributed by atoms with van der Waals surface area (Å²) in [6.07, 6.45) is 3.14. The van der Waals surface area contributed by atoms with Gasteiger partial charge in [-0.25, -0.2) is 0 Å². The van der Waals surface area contributed by atoms with Gasteiger partial charge in [0.2, 0.25) is 0 Å². The normalized spacial score (nSPS) is 19.3. The highest BCUT2D eigenvalue weighted by Crippen LogP contribution is 2.34. The summed E-state index contributed by atoms with van der Waals surface area (Å²) in [5.74, 6) is -0.0245. The highest BCUT2D eigenvalue weighted by molar-refractivity contribution is 8.03. The maximum atomic E-state index is 11.8. The van der Waals surface area contributed by atoms with Crippen molar-refractivity contribution in [3.05, 3.63) is 52.4 Å². The summed E-state index contributed by atoms with van der Waals surface area (Å²) in [6.45, 7) is 3.86. The van der Waals surface area contributed by atoms with Gasteiger partial charge in [0.05, 0.1) is 11.3 Å². The second-order valence-electron chi connectivity index (χ2n) is 5.39. The molecule has 0 spiro atoms. The third-order valence-corrected chi connectivity index (χ3v) is 5.64.